The zero-order chi connectivity index (χ0) is 12.5. The second-order valence-electron chi connectivity index (χ2n) is 3.80. The van der Waals surface area contributed by atoms with Gasteiger partial charge in [-0.15, -0.1) is 6.42 Å². The standard InChI is InChI=1S/C14H8ClN3/c1-2-10-7-16-9-14-13(10)8-17-18(14)12-5-3-11(15)4-6-12/h1,3-9H. The monoisotopic (exact) mass is 253 g/mol. The van der Waals surface area contributed by atoms with Crippen LogP contribution >= 0.6 is 11.6 Å². The van der Waals surface area contributed by atoms with E-state index >= 15 is 0 Å². The van der Waals surface area contributed by atoms with Crippen molar-refractivity contribution in [3.63, 3.8) is 0 Å². The van der Waals surface area contributed by atoms with Gasteiger partial charge in [-0.3, -0.25) is 4.98 Å². The number of aromatic nitrogens is 3. The van der Waals surface area contributed by atoms with E-state index in [0.29, 0.717) is 5.02 Å². The fraction of sp³-hybridized carbons (Fsp3) is 0. The lowest BCUT2D eigenvalue weighted by Crippen LogP contribution is -1.95. The molecule has 3 rings (SSSR count). The smallest absolute Gasteiger partial charge is 0.0936 e. The maximum atomic E-state index is 5.87. The van der Waals surface area contributed by atoms with Crippen LogP contribution in [0.4, 0.5) is 0 Å². The molecule has 0 spiro atoms. The van der Waals surface area contributed by atoms with Gasteiger partial charge in [-0.1, -0.05) is 17.5 Å². The highest BCUT2D eigenvalue weighted by atomic mass is 35.5. The minimum absolute atomic E-state index is 0.692. The second kappa shape index (κ2) is 4.17. The van der Waals surface area contributed by atoms with Gasteiger partial charge in [-0.25, -0.2) is 4.68 Å². The fourth-order valence-electron chi connectivity index (χ4n) is 1.84. The SMILES string of the molecule is C#Cc1cncc2c1cnn2-c1ccc(Cl)cc1. The van der Waals surface area contributed by atoms with E-state index in [0.717, 1.165) is 22.2 Å². The molecule has 18 heavy (non-hydrogen) atoms. The first-order chi connectivity index (χ1) is 8.79. The lowest BCUT2D eigenvalue weighted by molar-refractivity contribution is 0.908. The van der Waals surface area contributed by atoms with Crippen LogP contribution in [0.5, 0.6) is 0 Å². The lowest BCUT2D eigenvalue weighted by Gasteiger charge is -2.03. The molecule has 0 aliphatic carbocycles. The van der Waals surface area contributed by atoms with Crippen molar-refractivity contribution < 1.29 is 0 Å². The van der Waals surface area contributed by atoms with Crippen LogP contribution in [-0.2, 0) is 0 Å². The van der Waals surface area contributed by atoms with E-state index in [9.17, 15) is 0 Å². The number of hydrogen-bond donors (Lipinski definition) is 0. The predicted octanol–water partition coefficient (Wildman–Crippen LogP) is 3.06. The summed E-state index contributed by atoms with van der Waals surface area (Å²) in [5, 5.41) is 5.95. The molecule has 0 saturated carbocycles. The van der Waals surface area contributed by atoms with Crippen LogP contribution in [0.2, 0.25) is 5.02 Å². The topological polar surface area (TPSA) is 30.7 Å². The molecule has 0 aliphatic rings. The van der Waals surface area contributed by atoms with Gasteiger partial charge >= 0.3 is 0 Å². The quantitative estimate of drug-likeness (QED) is 0.624. The summed E-state index contributed by atoms with van der Waals surface area (Å²) < 4.78 is 1.79. The third kappa shape index (κ3) is 1.64. The first kappa shape index (κ1) is 10.8. The Hall–Kier alpha value is -2.31. The van der Waals surface area contributed by atoms with E-state index in [1.807, 2.05) is 24.3 Å². The minimum atomic E-state index is 0.692. The highest BCUT2D eigenvalue weighted by molar-refractivity contribution is 6.30. The summed E-state index contributed by atoms with van der Waals surface area (Å²) in [6.45, 7) is 0. The van der Waals surface area contributed by atoms with Crippen molar-refractivity contribution in [2.45, 2.75) is 0 Å². The third-order valence-electron chi connectivity index (χ3n) is 2.72. The van der Waals surface area contributed by atoms with Gasteiger partial charge in [0.1, 0.15) is 0 Å². The molecule has 3 nitrogen and oxygen atoms in total. The van der Waals surface area contributed by atoms with Gasteiger partial charge in [0.05, 0.1) is 29.2 Å². The molecule has 0 N–H and O–H groups in total. The average Bonchev–Trinajstić information content (AvgIpc) is 2.83. The van der Waals surface area contributed by atoms with Gasteiger partial charge < -0.3 is 0 Å². The van der Waals surface area contributed by atoms with Crippen molar-refractivity contribution >= 4 is 22.5 Å². The van der Waals surface area contributed by atoms with E-state index < -0.39 is 0 Å². The summed E-state index contributed by atoms with van der Waals surface area (Å²) in [5.74, 6) is 2.61. The third-order valence-corrected chi connectivity index (χ3v) is 2.98. The number of fused-ring (bicyclic) bond motifs is 1. The number of rotatable bonds is 1. The molecule has 0 amide bonds. The number of pyridine rings is 1. The van der Waals surface area contributed by atoms with Crippen LogP contribution in [-0.4, -0.2) is 14.8 Å². The van der Waals surface area contributed by atoms with E-state index in [4.69, 9.17) is 18.0 Å². The molecule has 0 unspecified atom stereocenters. The Balaban J connectivity index is 2.25. The molecule has 0 atom stereocenters. The number of hydrogen-bond acceptors (Lipinski definition) is 2. The molecule has 2 aromatic heterocycles. The largest absolute Gasteiger partial charge is 0.261 e. The summed E-state index contributed by atoms with van der Waals surface area (Å²) in [4.78, 5) is 4.13. The Morgan fingerprint density at radius 2 is 1.89 bits per heavy atom. The van der Waals surface area contributed by atoms with E-state index in [1.54, 1.807) is 23.3 Å². The van der Waals surface area contributed by atoms with Crippen LogP contribution in [0.3, 0.4) is 0 Å². The maximum absolute atomic E-state index is 5.87. The number of nitrogens with zero attached hydrogens (tertiary/aromatic N) is 3. The second-order valence-corrected chi connectivity index (χ2v) is 4.23. The Labute approximate surface area is 109 Å². The molecule has 3 aromatic rings. The Bertz CT molecular complexity index is 751. The summed E-state index contributed by atoms with van der Waals surface area (Å²) in [7, 11) is 0. The Morgan fingerprint density at radius 1 is 1.11 bits per heavy atom. The number of benzene rings is 1. The van der Waals surface area contributed by atoms with Crippen molar-refractivity contribution in [3.05, 3.63) is 53.4 Å². The minimum Gasteiger partial charge on any atom is -0.261 e. The van der Waals surface area contributed by atoms with Crippen LogP contribution < -0.4 is 0 Å². The van der Waals surface area contributed by atoms with Gasteiger partial charge in [0.2, 0.25) is 0 Å². The molecule has 2 heterocycles. The van der Waals surface area contributed by atoms with Crippen molar-refractivity contribution in [2.24, 2.45) is 0 Å². The summed E-state index contributed by atoms with van der Waals surface area (Å²) >= 11 is 5.87. The zero-order valence-electron chi connectivity index (χ0n) is 9.34. The molecular weight excluding hydrogens is 246 g/mol. The van der Waals surface area contributed by atoms with E-state index in [-0.39, 0.29) is 0 Å². The van der Waals surface area contributed by atoms with Crippen LogP contribution in [0, 0.1) is 12.3 Å². The Kier molecular flexibility index (Phi) is 2.51. The van der Waals surface area contributed by atoms with E-state index in [2.05, 4.69) is 16.0 Å². The summed E-state index contributed by atoms with van der Waals surface area (Å²) in [6, 6.07) is 7.44. The summed E-state index contributed by atoms with van der Waals surface area (Å²) in [6.07, 6.45) is 10.6. The zero-order valence-corrected chi connectivity index (χ0v) is 10.1. The Morgan fingerprint density at radius 3 is 2.61 bits per heavy atom. The normalized spacial score (nSPS) is 10.4. The van der Waals surface area contributed by atoms with Crippen molar-refractivity contribution in [3.8, 4) is 18.0 Å². The molecule has 0 bridgehead atoms. The molecule has 0 saturated heterocycles. The van der Waals surface area contributed by atoms with Gasteiger partial charge in [-0.2, -0.15) is 5.10 Å². The van der Waals surface area contributed by atoms with Crippen LogP contribution in [0.1, 0.15) is 5.56 Å². The highest BCUT2D eigenvalue weighted by Crippen LogP contribution is 2.21. The highest BCUT2D eigenvalue weighted by Gasteiger charge is 2.07. The molecule has 0 aliphatic heterocycles. The predicted molar refractivity (Wildman–Crippen MR) is 71.8 cm³/mol. The van der Waals surface area contributed by atoms with Crippen molar-refractivity contribution in [2.75, 3.05) is 0 Å². The molecule has 4 heteroatoms. The first-order valence-corrected chi connectivity index (χ1v) is 5.71. The molecule has 86 valence electrons. The van der Waals surface area contributed by atoms with Crippen LogP contribution in [0.25, 0.3) is 16.6 Å². The van der Waals surface area contributed by atoms with E-state index in [1.165, 1.54) is 0 Å². The maximum Gasteiger partial charge on any atom is 0.0936 e. The summed E-state index contributed by atoms with van der Waals surface area (Å²) in [5.41, 5.74) is 2.55. The molecule has 0 fully saturated rings. The molecular formula is C14H8ClN3. The van der Waals surface area contributed by atoms with Gasteiger partial charge in [0.25, 0.3) is 0 Å². The number of terminal acetylenes is 1. The van der Waals surface area contributed by atoms with Gasteiger partial charge in [0.15, 0.2) is 0 Å². The molecule has 0 radical (unpaired) electrons. The number of halogens is 1. The fourth-order valence-corrected chi connectivity index (χ4v) is 1.97. The van der Waals surface area contributed by atoms with Gasteiger partial charge in [0, 0.05) is 16.6 Å². The first-order valence-electron chi connectivity index (χ1n) is 5.34. The molecule has 1 aromatic carbocycles. The van der Waals surface area contributed by atoms with Crippen molar-refractivity contribution in [1.29, 1.82) is 0 Å². The van der Waals surface area contributed by atoms with Crippen LogP contribution in [0.15, 0.2) is 42.9 Å². The average molecular weight is 254 g/mol. The van der Waals surface area contributed by atoms with Crippen molar-refractivity contribution in [1.82, 2.24) is 14.8 Å². The lowest BCUT2D eigenvalue weighted by atomic mass is 10.2. The van der Waals surface area contributed by atoms with Gasteiger partial charge in [-0.05, 0) is 24.3 Å².